The first-order chi connectivity index (χ1) is 6.42. The van der Waals surface area contributed by atoms with Gasteiger partial charge in [-0.25, -0.2) is 0 Å². The van der Waals surface area contributed by atoms with E-state index >= 15 is 0 Å². The van der Waals surface area contributed by atoms with E-state index in [9.17, 15) is 0 Å². The number of hydrogen-bond acceptors (Lipinski definition) is 2. The topological polar surface area (TPSA) is 26.0 Å². The van der Waals surface area contributed by atoms with Crippen LogP contribution in [0.5, 0.6) is 0 Å². The summed E-state index contributed by atoms with van der Waals surface area (Å²) in [5.74, 6) is 3.20. The molecule has 0 bridgehead atoms. The molecule has 1 heterocycles. The van der Waals surface area contributed by atoms with Crippen LogP contribution in [0.2, 0.25) is 0 Å². The zero-order valence-corrected chi connectivity index (χ0v) is 9.19. The smallest absolute Gasteiger partial charge is 0.00902 e. The van der Waals surface area contributed by atoms with E-state index in [1.54, 1.807) is 0 Å². The second-order valence-electron chi connectivity index (χ2n) is 4.50. The van der Waals surface area contributed by atoms with Crippen molar-refractivity contribution in [3.63, 3.8) is 0 Å². The van der Waals surface area contributed by atoms with Crippen LogP contribution in [-0.4, -0.2) is 17.5 Å². The standard InChI is InChI=1S/C11H21NS/c12-8-10(9-4-1-2-5-9)11-6-3-7-13-11/h9-11H,1-8,12H2. The van der Waals surface area contributed by atoms with Gasteiger partial charge in [0.05, 0.1) is 0 Å². The lowest BCUT2D eigenvalue weighted by molar-refractivity contribution is 0.333. The van der Waals surface area contributed by atoms with Crippen LogP contribution in [0, 0.1) is 11.8 Å². The number of hydrogen-bond donors (Lipinski definition) is 1. The van der Waals surface area contributed by atoms with Gasteiger partial charge in [0.2, 0.25) is 0 Å². The van der Waals surface area contributed by atoms with Crippen molar-refractivity contribution in [3.05, 3.63) is 0 Å². The first-order valence-corrected chi connectivity index (χ1v) is 6.78. The highest BCUT2D eigenvalue weighted by Crippen LogP contribution is 2.40. The van der Waals surface area contributed by atoms with Crippen LogP contribution < -0.4 is 5.73 Å². The molecule has 0 amide bonds. The molecule has 1 nitrogen and oxygen atoms in total. The van der Waals surface area contributed by atoms with Crippen LogP contribution in [0.4, 0.5) is 0 Å². The zero-order valence-electron chi connectivity index (χ0n) is 8.37. The highest BCUT2D eigenvalue weighted by atomic mass is 32.2. The molecular weight excluding hydrogens is 178 g/mol. The maximum atomic E-state index is 5.92. The highest BCUT2D eigenvalue weighted by molar-refractivity contribution is 8.00. The molecular formula is C11H21NS. The van der Waals surface area contributed by atoms with Crippen molar-refractivity contribution in [3.8, 4) is 0 Å². The van der Waals surface area contributed by atoms with E-state index in [0.29, 0.717) is 0 Å². The van der Waals surface area contributed by atoms with Crippen molar-refractivity contribution in [2.24, 2.45) is 17.6 Å². The van der Waals surface area contributed by atoms with Gasteiger partial charge in [-0.05, 0) is 37.0 Å². The predicted octanol–water partition coefficient (Wildman–Crippen LogP) is 2.65. The maximum Gasteiger partial charge on any atom is 0.00902 e. The molecule has 2 fully saturated rings. The molecule has 1 saturated heterocycles. The fraction of sp³-hybridized carbons (Fsp3) is 1.00. The Kier molecular flexibility index (Phi) is 3.56. The van der Waals surface area contributed by atoms with Crippen LogP contribution in [0.1, 0.15) is 38.5 Å². The van der Waals surface area contributed by atoms with Crippen LogP contribution in [0.15, 0.2) is 0 Å². The van der Waals surface area contributed by atoms with Gasteiger partial charge in [0.25, 0.3) is 0 Å². The Morgan fingerprint density at radius 1 is 1.15 bits per heavy atom. The average molecular weight is 199 g/mol. The lowest BCUT2D eigenvalue weighted by Crippen LogP contribution is -2.30. The minimum atomic E-state index is 0.843. The van der Waals surface area contributed by atoms with E-state index in [0.717, 1.165) is 23.6 Å². The Morgan fingerprint density at radius 2 is 1.92 bits per heavy atom. The fourth-order valence-electron chi connectivity index (χ4n) is 2.97. The summed E-state index contributed by atoms with van der Waals surface area (Å²) in [6.45, 7) is 0.933. The quantitative estimate of drug-likeness (QED) is 0.756. The fourth-order valence-corrected chi connectivity index (χ4v) is 4.52. The predicted molar refractivity (Wildman–Crippen MR) is 60.0 cm³/mol. The molecule has 2 heteroatoms. The van der Waals surface area contributed by atoms with Gasteiger partial charge in [0, 0.05) is 5.25 Å². The summed E-state index contributed by atoms with van der Waals surface area (Å²) in [5, 5.41) is 0.910. The van der Waals surface area contributed by atoms with Crippen molar-refractivity contribution >= 4 is 11.8 Å². The second kappa shape index (κ2) is 4.70. The van der Waals surface area contributed by atoms with E-state index in [1.807, 2.05) is 0 Å². The van der Waals surface area contributed by atoms with Gasteiger partial charge in [-0.1, -0.05) is 25.7 Å². The number of nitrogens with two attached hydrogens (primary N) is 1. The largest absolute Gasteiger partial charge is 0.330 e. The van der Waals surface area contributed by atoms with Crippen molar-refractivity contribution in [1.82, 2.24) is 0 Å². The van der Waals surface area contributed by atoms with Crippen LogP contribution in [0.3, 0.4) is 0 Å². The van der Waals surface area contributed by atoms with E-state index < -0.39 is 0 Å². The second-order valence-corrected chi connectivity index (χ2v) is 5.84. The Labute approximate surface area is 85.8 Å². The minimum absolute atomic E-state index is 0.843. The molecule has 13 heavy (non-hydrogen) atoms. The molecule has 2 N–H and O–H groups in total. The van der Waals surface area contributed by atoms with Gasteiger partial charge in [-0.15, -0.1) is 0 Å². The van der Waals surface area contributed by atoms with E-state index in [4.69, 9.17) is 5.73 Å². The molecule has 76 valence electrons. The summed E-state index contributed by atoms with van der Waals surface area (Å²) in [4.78, 5) is 0. The monoisotopic (exact) mass is 199 g/mol. The number of rotatable bonds is 3. The van der Waals surface area contributed by atoms with Crippen molar-refractivity contribution in [1.29, 1.82) is 0 Å². The molecule has 0 aromatic carbocycles. The lowest BCUT2D eigenvalue weighted by Gasteiger charge is -2.27. The molecule has 2 unspecified atom stereocenters. The Bertz CT molecular complexity index is 132. The third-order valence-electron chi connectivity index (χ3n) is 3.72. The molecule has 2 rings (SSSR count). The van der Waals surface area contributed by atoms with Crippen LogP contribution >= 0.6 is 11.8 Å². The van der Waals surface area contributed by atoms with Crippen molar-refractivity contribution < 1.29 is 0 Å². The SMILES string of the molecule is NCC(C1CCCC1)C1CCCS1. The Balaban J connectivity index is 1.90. The summed E-state index contributed by atoms with van der Waals surface area (Å²) in [6, 6.07) is 0. The summed E-state index contributed by atoms with van der Waals surface area (Å²) < 4.78 is 0. The molecule has 0 aromatic heterocycles. The number of thioether (sulfide) groups is 1. The van der Waals surface area contributed by atoms with Crippen LogP contribution in [-0.2, 0) is 0 Å². The molecule has 0 spiro atoms. The normalized spacial score (nSPS) is 32.5. The van der Waals surface area contributed by atoms with Gasteiger partial charge in [0.15, 0.2) is 0 Å². The van der Waals surface area contributed by atoms with Gasteiger partial charge in [0.1, 0.15) is 0 Å². The van der Waals surface area contributed by atoms with E-state index in [2.05, 4.69) is 11.8 Å². The van der Waals surface area contributed by atoms with E-state index in [1.165, 1.54) is 44.3 Å². The molecule has 1 aliphatic heterocycles. The molecule has 1 aliphatic carbocycles. The summed E-state index contributed by atoms with van der Waals surface area (Å²) in [6.07, 6.45) is 8.69. The summed E-state index contributed by atoms with van der Waals surface area (Å²) in [5.41, 5.74) is 5.92. The van der Waals surface area contributed by atoms with Crippen molar-refractivity contribution in [2.45, 2.75) is 43.8 Å². The minimum Gasteiger partial charge on any atom is -0.330 e. The molecule has 1 saturated carbocycles. The maximum absolute atomic E-state index is 5.92. The first kappa shape index (κ1) is 9.85. The molecule has 2 atom stereocenters. The van der Waals surface area contributed by atoms with E-state index in [-0.39, 0.29) is 0 Å². The summed E-state index contributed by atoms with van der Waals surface area (Å²) in [7, 11) is 0. The molecule has 0 aromatic rings. The lowest BCUT2D eigenvalue weighted by atomic mass is 9.86. The van der Waals surface area contributed by atoms with Crippen molar-refractivity contribution in [2.75, 3.05) is 12.3 Å². The summed E-state index contributed by atoms with van der Waals surface area (Å²) >= 11 is 2.18. The van der Waals surface area contributed by atoms with Crippen LogP contribution in [0.25, 0.3) is 0 Å². The zero-order chi connectivity index (χ0) is 9.10. The third kappa shape index (κ3) is 2.21. The van der Waals surface area contributed by atoms with Gasteiger partial charge >= 0.3 is 0 Å². The Morgan fingerprint density at radius 3 is 2.46 bits per heavy atom. The van der Waals surface area contributed by atoms with Gasteiger partial charge in [-0.2, -0.15) is 11.8 Å². The average Bonchev–Trinajstić information content (AvgIpc) is 2.76. The van der Waals surface area contributed by atoms with Gasteiger partial charge < -0.3 is 5.73 Å². The first-order valence-electron chi connectivity index (χ1n) is 5.73. The molecule has 2 aliphatic rings. The Hall–Kier alpha value is 0.310. The van der Waals surface area contributed by atoms with Gasteiger partial charge in [-0.3, -0.25) is 0 Å². The molecule has 0 radical (unpaired) electrons. The third-order valence-corrected chi connectivity index (χ3v) is 5.26. The highest BCUT2D eigenvalue weighted by Gasteiger charge is 2.32.